The van der Waals surface area contributed by atoms with Gasteiger partial charge in [0, 0.05) is 44.5 Å². The molecule has 0 bridgehead atoms. The van der Waals surface area contributed by atoms with Gasteiger partial charge in [-0.25, -0.2) is 0 Å². The van der Waals surface area contributed by atoms with Crippen molar-refractivity contribution in [3.05, 3.63) is 52.7 Å². The predicted molar refractivity (Wildman–Crippen MR) is 119 cm³/mol. The van der Waals surface area contributed by atoms with Crippen LogP contribution in [0.15, 0.2) is 46.7 Å². The molecule has 33 heavy (non-hydrogen) atoms. The molecular formula is C22H29F3N6O2. The van der Waals surface area contributed by atoms with Crippen molar-refractivity contribution in [1.82, 2.24) is 20.5 Å². The smallest absolute Gasteiger partial charge is 0.416 e. The third-order valence-electron chi connectivity index (χ3n) is 5.51. The second kappa shape index (κ2) is 10.3. The van der Waals surface area contributed by atoms with Crippen molar-refractivity contribution in [1.29, 1.82) is 0 Å². The zero-order valence-corrected chi connectivity index (χ0v) is 18.6. The van der Waals surface area contributed by atoms with Crippen molar-refractivity contribution in [3.63, 3.8) is 0 Å². The minimum atomic E-state index is -4.53. The largest absolute Gasteiger partial charge is 0.507 e. The van der Waals surface area contributed by atoms with E-state index >= 15 is 0 Å². The van der Waals surface area contributed by atoms with Gasteiger partial charge in [0.1, 0.15) is 11.9 Å². The van der Waals surface area contributed by atoms with Gasteiger partial charge in [-0.15, -0.1) is 0 Å². The Morgan fingerprint density at radius 3 is 2.82 bits per heavy atom. The number of carbonyl (C=O) groups excluding carboxylic acids is 1. The van der Waals surface area contributed by atoms with Crippen LogP contribution in [-0.2, 0) is 11.0 Å². The van der Waals surface area contributed by atoms with E-state index in [1.165, 1.54) is 6.07 Å². The number of amides is 1. The highest BCUT2D eigenvalue weighted by atomic mass is 19.4. The first-order valence-corrected chi connectivity index (χ1v) is 10.6. The van der Waals surface area contributed by atoms with Crippen LogP contribution in [0.2, 0.25) is 0 Å². The number of nitrogens with zero attached hydrogens (tertiary/aromatic N) is 3. The van der Waals surface area contributed by atoms with E-state index in [1.807, 2.05) is 11.0 Å². The number of rotatable bonds is 7. The Balaban J connectivity index is 1.61. The van der Waals surface area contributed by atoms with Crippen molar-refractivity contribution < 1.29 is 23.1 Å². The molecule has 0 saturated carbocycles. The molecule has 8 nitrogen and oxygen atoms in total. The van der Waals surface area contributed by atoms with Crippen LogP contribution in [0, 0.1) is 0 Å². The molecular weight excluding hydrogens is 437 g/mol. The fourth-order valence-electron chi connectivity index (χ4n) is 3.72. The lowest BCUT2D eigenvalue weighted by Crippen LogP contribution is -2.47. The standard InChI is InChI=1S/C22H29F3N6O2/c1-14-10-19(27-16-4-3-8-31(12-16)13-20(33)30(2)9-7-26)28-29-21(14)17-6-5-15(11-18(17)32)22(23,24)25/h4-6,10-11,19,27-28,32H,3,7-9,12-13,26H2,1-2H3. The number of halogens is 3. The normalized spacial score (nSPS) is 19.2. The van der Waals surface area contributed by atoms with E-state index in [-0.39, 0.29) is 17.6 Å². The molecule has 3 rings (SSSR count). The number of nitrogens with two attached hydrogens (primary N) is 1. The van der Waals surface area contributed by atoms with E-state index in [4.69, 9.17) is 5.73 Å². The molecule has 1 amide bonds. The lowest BCUT2D eigenvalue weighted by Gasteiger charge is -2.31. The van der Waals surface area contributed by atoms with Crippen molar-refractivity contribution in [2.45, 2.75) is 25.7 Å². The SMILES string of the molecule is CC1=CC(NC2=CCCN(CC(=O)N(C)CCN)C2)NN=C1c1ccc(C(F)(F)F)cc1O. The molecule has 5 N–H and O–H groups in total. The Morgan fingerprint density at radius 1 is 1.42 bits per heavy atom. The highest BCUT2D eigenvalue weighted by Gasteiger charge is 2.32. The fourth-order valence-corrected chi connectivity index (χ4v) is 3.72. The summed E-state index contributed by atoms with van der Waals surface area (Å²) in [6, 6.07) is 2.83. The van der Waals surface area contributed by atoms with Crippen LogP contribution >= 0.6 is 0 Å². The van der Waals surface area contributed by atoms with Gasteiger partial charge in [-0.05, 0) is 43.2 Å². The Morgan fingerprint density at radius 2 is 2.18 bits per heavy atom. The number of nitrogens with one attached hydrogen (secondary N) is 2. The summed E-state index contributed by atoms with van der Waals surface area (Å²) < 4.78 is 38.6. The second-order valence-corrected chi connectivity index (χ2v) is 8.12. The van der Waals surface area contributed by atoms with Gasteiger partial charge in [0.05, 0.1) is 17.8 Å². The summed E-state index contributed by atoms with van der Waals surface area (Å²) in [7, 11) is 1.73. The van der Waals surface area contributed by atoms with Crippen molar-refractivity contribution >= 4 is 11.6 Å². The van der Waals surface area contributed by atoms with Crippen LogP contribution in [0.3, 0.4) is 0 Å². The molecule has 0 spiro atoms. The maximum Gasteiger partial charge on any atom is 0.416 e. The minimum absolute atomic E-state index is 0.0128. The third-order valence-corrected chi connectivity index (χ3v) is 5.51. The number of carbonyl (C=O) groups is 1. The first kappa shape index (κ1) is 24.6. The summed E-state index contributed by atoms with van der Waals surface area (Å²) in [5, 5.41) is 17.7. The number of hydrogen-bond donors (Lipinski definition) is 4. The fraction of sp³-hybridized carbons (Fsp3) is 0.455. The number of alkyl halides is 3. The van der Waals surface area contributed by atoms with Gasteiger partial charge in [0.25, 0.3) is 0 Å². The monoisotopic (exact) mass is 466 g/mol. The quantitative estimate of drug-likeness (QED) is 0.486. The summed E-state index contributed by atoms with van der Waals surface area (Å²) in [5.41, 5.74) is 9.74. The van der Waals surface area contributed by atoms with Crippen LogP contribution in [-0.4, -0.2) is 72.5 Å². The molecule has 11 heteroatoms. The number of hydrogen-bond acceptors (Lipinski definition) is 7. The van der Waals surface area contributed by atoms with Gasteiger partial charge >= 0.3 is 6.18 Å². The number of hydrazone groups is 1. The van der Waals surface area contributed by atoms with E-state index in [2.05, 4.69) is 21.9 Å². The molecule has 0 aliphatic carbocycles. The maximum atomic E-state index is 12.9. The molecule has 1 aromatic rings. The molecule has 0 fully saturated rings. The van der Waals surface area contributed by atoms with E-state index in [0.717, 1.165) is 24.7 Å². The first-order valence-electron chi connectivity index (χ1n) is 10.6. The van der Waals surface area contributed by atoms with E-state index in [9.17, 15) is 23.1 Å². The second-order valence-electron chi connectivity index (χ2n) is 8.12. The lowest BCUT2D eigenvalue weighted by atomic mass is 9.99. The predicted octanol–water partition coefficient (Wildman–Crippen LogP) is 1.59. The Bertz CT molecular complexity index is 973. The van der Waals surface area contributed by atoms with Crippen molar-refractivity contribution in [2.24, 2.45) is 10.8 Å². The molecule has 2 aliphatic heterocycles. The molecule has 180 valence electrons. The lowest BCUT2D eigenvalue weighted by molar-refractivity contribution is -0.137. The minimum Gasteiger partial charge on any atom is -0.507 e. The number of allylic oxidation sites excluding steroid dienone is 1. The van der Waals surface area contributed by atoms with Crippen LogP contribution in [0.25, 0.3) is 0 Å². The van der Waals surface area contributed by atoms with Gasteiger partial charge in [0.2, 0.25) is 5.91 Å². The summed E-state index contributed by atoms with van der Waals surface area (Å²) >= 11 is 0. The molecule has 1 unspecified atom stereocenters. The van der Waals surface area contributed by atoms with Gasteiger partial charge in [-0.2, -0.15) is 18.3 Å². The topological polar surface area (TPSA) is 106 Å². The van der Waals surface area contributed by atoms with Gasteiger partial charge in [0.15, 0.2) is 0 Å². The molecule has 2 aliphatic rings. The number of phenolic OH excluding ortho intramolecular Hbond substituents is 1. The van der Waals surface area contributed by atoms with E-state index in [1.54, 1.807) is 18.9 Å². The molecule has 2 heterocycles. The van der Waals surface area contributed by atoms with Crippen molar-refractivity contribution in [3.8, 4) is 5.75 Å². The molecule has 1 aromatic carbocycles. The maximum absolute atomic E-state index is 12.9. The number of likely N-dealkylation sites (N-methyl/N-ethyl adjacent to an activating group) is 1. The van der Waals surface area contributed by atoms with Crippen LogP contribution in [0.5, 0.6) is 5.75 Å². The zero-order valence-electron chi connectivity index (χ0n) is 18.6. The Hall–Kier alpha value is -3.05. The summed E-state index contributed by atoms with van der Waals surface area (Å²) in [6.45, 7) is 4.36. The first-order chi connectivity index (χ1) is 15.6. The number of benzene rings is 1. The van der Waals surface area contributed by atoms with Crippen molar-refractivity contribution in [2.75, 3.05) is 39.8 Å². The Labute approximate surface area is 190 Å². The van der Waals surface area contributed by atoms with E-state index < -0.39 is 17.5 Å². The third kappa shape index (κ3) is 6.26. The number of phenols is 1. The average molecular weight is 467 g/mol. The molecule has 0 aromatic heterocycles. The summed E-state index contributed by atoms with van der Waals surface area (Å²) in [5.74, 6) is -0.474. The molecule has 1 atom stereocenters. The average Bonchev–Trinajstić information content (AvgIpc) is 2.74. The van der Waals surface area contributed by atoms with Crippen LogP contribution in [0.4, 0.5) is 13.2 Å². The van der Waals surface area contributed by atoms with Gasteiger partial charge in [-0.3, -0.25) is 15.1 Å². The Kier molecular flexibility index (Phi) is 7.65. The van der Waals surface area contributed by atoms with Crippen LogP contribution < -0.4 is 16.5 Å². The summed E-state index contributed by atoms with van der Waals surface area (Å²) in [4.78, 5) is 15.9. The van der Waals surface area contributed by atoms with Crippen LogP contribution in [0.1, 0.15) is 24.5 Å². The van der Waals surface area contributed by atoms with Gasteiger partial charge < -0.3 is 21.1 Å². The summed E-state index contributed by atoms with van der Waals surface area (Å²) in [6.07, 6.45) is -0.170. The highest BCUT2D eigenvalue weighted by Crippen LogP contribution is 2.33. The number of aromatic hydroxyl groups is 1. The molecule has 0 radical (unpaired) electrons. The molecule has 0 saturated heterocycles. The zero-order chi connectivity index (χ0) is 24.2. The van der Waals surface area contributed by atoms with Gasteiger partial charge in [-0.1, -0.05) is 6.08 Å². The highest BCUT2D eigenvalue weighted by molar-refractivity contribution is 6.14. The van der Waals surface area contributed by atoms with E-state index in [0.29, 0.717) is 43.5 Å².